The molecular weight excluding hydrogens is 387 g/mol. The summed E-state index contributed by atoms with van der Waals surface area (Å²) in [5.41, 5.74) is -0.0550. The van der Waals surface area contributed by atoms with E-state index in [-0.39, 0.29) is 28.8 Å². The molecule has 0 spiro atoms. The molecule has 2 atom stereocenters. The molecule has 0 radical (unpaired) electrons. The van der Waals surface area contributed by atoms with Crippen LogP contribution in [-0.4, -0.2) is 38.1 Å². The maximum atomic E-state index is 12.6. The van der Waals surface area contributed by atoms with Crippen LogP contribution >= 0.6 is 11.6 Å². The number of nitrogens with zero attached hydrogens (tertiary/aromatic N) is 3. The zero-order valence-corrected chi connectivity index (χ0v) is 15.5. The molecule has 0 amide bonds. The van der Waals surface area contributed by atoms with Crippen LogP contribution in [0.3, 0.4) is 0 Å². The first-order valence-corrected chi connectivity index (χ1v) is 8.49. The molecule has 6 nitrogen and oxygen atoms in total. The highest BCUT2D eigenvalue weighted by Crippen LogP contribution is 2.46. The smallest absolute Gasteiger partial charge is 0.395 e. The monoisotopic (exact) mass is 403 g/mol. The summed E-state index contributed by atoms with van der Waals surface area (Å²) in [6.07, 6.45) is -3.84. The number of aromatic carboxylic acids is 1. The molecule has 0 aliphatic heterocycles. The largest absolute Gasteiger partial charge is 0.478 e. The number of carbonyl (C=O) groups is 1. The Labute approximate surface area is 157 Å². The summed E-state index contributed by atoms with van der Waals surface area (Å²) in [5.74, 6) is -2.36. The van der Waals surface area contributed by atoms with Gasteiger partial charge in [0.05, 0.1) is 11.5 Å². The molecule has 1 aliphatic carbocycles. The van der Waals surface area contributed by atoms with Crippen LogP contribution in [0.4, 0.5) is 13.2 Å². The third-order valence-corrected chi connectivity index (χ3v) is 4.49. The van der Waals surface area contributed by atoms with E-state index in [2.05, 4.69) is 10.1 Å². The number of pyridine rings is 1. The molecule has 3 rings (SSSR count). The number of alkyl halides is 3. The van der Waals surface area contributed by atoms with Crippen molar-refractivity contribution >= 4 is 17.6 Å². The SMILES string of the molecule is CC(C)(C)c1cc(C(=O)O)c(Cl)nc1-n1ccc(O[C@@H]2C[C@H]2C(F)(F)F)n1. The second-order valence-corrected chi connectivity index (χ2v) is 7.75. The van der Waals surface area contributed by atoms with E-state index >= 15 is 0 Å². The van der Waals surface area contributed by atoms with Gasteiger partial charge in [-0.2, -0.15) is 13.2 Å². The van der Waals surface area contributed by atoms with Gasteiger partial charge in [0.1, 0.15) is 11.3 Å². The van der Waals surface area contributed by atoms with Gasteiger partial charge in [-0.05, 0) is 17.9 Å². The molecule has 1 aliphatic rings. The van der Waals surface area contributed by atoms with Crippen molar-refractivity contribution in [1.82, 2.24) is 14.8 Å². The molecule has 0 aromatic carbocycles. The van der Waals surface area contributed by atoms with Crippen LogP contribution < -0.4 is 4.74 Å². The van der Waals surface area contributed by atoms with Crippen LogP contribution in [0.5, 0.6) is 5.88 Å². The van der Waals surface area contributed by atoms with Crippen molar-refractivity contribution < 1.29 is 27.8 Å². The fraction of sp³-hybridized carbons (Fsp3) is 0.471. The molecule has 27 heavy (non-hydrogen) atoms. The third kappa shape index (κ3) is 4.02. The van der Waals surface area contributed by atoms with Gasteiger partial charge >= 0.3 is 12.1 Å². The molecule has 2 aromatic rings. The second-order valence-electron chi connectivity index (χ2n) is 7.39. The summed E-state index contributed by atoms with van der Waals surface area (Å²) in [7, 11) is 0. The van der Waals surface area contributed by atoms with Crippen LogP contribution in [0.1, 0.15) is 43.1 Å². The van der Waals surface area contributed by atoms with Crippen molar-refractivity contribution in [1.29, 1.82) is 0 Å². The Morgan fingerprint density at radius 1 is 1.37 bits per heavy atom. The normalized spacial score (nSPS) is 19.8. The average molecular weight is 404 g/mol. The topological polar surface area (TPSA) is 77.2 Å². The van der Waals surface area contributed by atoms with Crippen LogP contribution in [0.25, 0.3) is 5.82 Å². The quantitative estimate of drug-likeness (QED) is 0.772. The number of rotatable bonds is 4. The highest BCUT2D eigenvalue weighted by molar-refractivity contribution is 6.32. The number of hydrogen-bond donors (Lipinski definition) is 1. The Morgan fingerprint density at radius 3 is 2.56 bits per heavy atom. The van der Waals surface area contributed by atoms with E-state index in [0.29, 0.717) is 5.56 Å². The molecule has 2 aromatic heterocycles. The number of hydrogen-bond acceptors (Lipinski definition) is 4. The molecule has 0 bridgehead atoms. The summed E-state index contributed by atoms with van der Waals surface area (Å²) in [6, 6.07) is 2.86. The van der Waals surface area contributed by atoms with E-state index in [0.717, 1.165) is 0 Å². The minimum Gasteiger partial charge on any atom is -0.478 e. The Kier molecular flexibility index (Phi) is 4.62. The summed E-state index contributed by atoms with van der Waals surface area (Å²) in [4.78, 5) is 15.5. The van der Waals surface area contributed by atoms with Gasteiger partial charge in [0.2, 0.25) is 5.88 Å². The highest BCUT2D eigenvalue weighted by atomic mass is 35.5. The van der Waals surface area contributed by atoms with E-state index in [9.17, 15) is 23.1 Å². The molecule has 1 saturated carbocycles. The minimum absolute atomic E-state index is 0.0341. The lowest BCUT2D eigenvalue weighted by Gasteiger charge is -2.22. The van der Waals surface area contributed by atoms with E-state index in [1.54, 1.807) is 0 Å². The van der Waals surface area contributed by atoms with E-state index in [4.69, 9.17) is 16.3 Å². The fourth-order valence-corrected chi connectivity index (χ4v) is 2.86. The standard InChI is InChI=1S/C17H17ClF3N3O3/c1-16(2,3)10-6-8(15(25)26)13(18)22-14(10)24-5-4-12(23-24)27-11-7-9(11)17(19,20)21/h4-6,9,11H,7H2,1-3H3,(H,25,26)/t9-,11-/m1/s1. The molecular formula is C17H17ClF3N3O3. The highest BCUT2D eigenvalue weighted by Gasteiger charge is 2.58. The van der Waals surface area contributed by atoms with Gasteiger partial charge < -0.3 is 9.84 Å². The van der Waals surface area contributed by atoms with Gasteiger partial charge in [-0.15, -0.1) is 5.10 Å². The van der Waals surface area contributed by atoms with Crippen molar-refractivity contribution in [2.75, 3.05) is 0 Å². The van der Waals surface area contributed by atoms with Crippen LogP contribution in [0, 0.1) is 5.92 Å². The molecule has 0 saturated heterocycles. The van der Waals surface area contributed by atoms with Crippen molar-refractivity contribution in [2.24, 2.45) is 5.92 Å². The van der Waals surface area contributed by atoms with E-state index < -0.39 is 29.6 Å². The molecule has 1 fully saturated rings. The third-order valence-electron chi connectivity index (χ3n) is 4.20. The minimum atomic E-state index is -4.28. The average Bonchev–Trinajstić information content (AvgIpc) is 3.14. The molecule has 10 heteroatoms. The van der Waals surface area contributed by atoms with Crippen molar-refractivity contribution in [3.05, 3.63) is 34.6 Å². The van der Waals surface area contributed by atoms with E-state index in [1.807, 2.05) is 20.8 Å². The lowest BCUT2D eigenvalue weighted by molar-refractivity contribution is -0.153. The summed E-state index contributed by atoms with van der Waals surface area (Å²) >= 11 is 5.98. The van der Waals surface area contributed by atoms with Gasteiger partial charge in [0.25, 0.3) is 0 Å². The van der Waals surface area contributed by atoms with E-state index in [1.165, 1.54) is 23.0 Å². The fourth-order valence-electron chi connectivity index (χ4n) is 2.65. The number of carboxylic acids is 1. The van der Waals surface area contributed by atoms with Gasteiger partial charge in [-0.25, -0.2) is 14.5 Å². The first-order chi connectivity index (χ1) is 12.4. The predicted octanol–water partition coefficient (Wildman–Crippen LogP) is 4.25. The molecule has 0 unspecified atom stereocenters. The van der Waals surface area contributed by atoms with Crippen molar-refractivity contribution in [3.63, 3.8) is 0 Å². The van der Waals surface area contributed by atoms with Crippen LogP contribution in [0.15, 0.2) is 18.3 Å². The lowest BCUT2D eigenvalue weighted by Crippen LogP contribution is -2.19. The Balaban J connectivity index is 1.92. The summed E-state index contributed by atoms with van der Waals surface area (Å²) < 4.78 is 44.4. The summed E-state index contributed by atoms with van der Waals surface area (Å²) in [5, 5.41) is 13.2. The second kappa shape index (κ2) is 6.40. The molecule has 146 valence electrons. The number of ether oxygens (including phenoxy) is 1. The van der Waals surface area contributed by atoms with Gasteiger partial charge in [-0.3, -0.25) is 0 Å². The lowest BCUT2D eigenvalue weighted by atomic mass is 9.86. The predicted molar refractivity (Wildman–Crippen MR) is 90.6 cm³/mol. The zero-order valence-electron chi connectivity index (χ0n) is 14.7. The van der Waals surface area contributed by atoms with Crippen LogP contribution in [-0.2, 0) is 5.41 Å². The molecule has 2 heterocycles. The maximum absolute atomic E-state index is 12.6. The Hall–Kier alpha value is -2.29. The van der Waals surface area contributed by atoms with Gasteiger partial charge in [-0.1, -0.05) is 32.4 Å². The maximum Gasteiger partial charge on any atom is 0.395 e. The van der Waals surface area contributed by atoms with Gasteiger partial charge in [0, 0.05) is 17.8 Å². The van der Waals surface area contributed by atoms with Gasteiger partial charge in [0.15, 0.2) is 5.82 Å². The van der Waals surface area contributed by atoms with Crippen LogP contribution in [0.2, 0.25) is 5.15 Å². The van der Waals surface area contributed by atoms with Crippen molar-refractivity contribution in [2.45, 2.75) is 44.9 Å². The Bertz CT molecular complexity index is 890. The Morgan fingerprint density at radius 2 is 2.04 bits per heavy atom. The zero-order chi connectivity index (χ0) is 20.1. The number of aromatic nitrogens is 3. The first-order valence-electron chi connectivity index (χ1n) is 8.11. The summed E-state index contributed by atoms with van der Waals surface area (Å²) in [6.45, 7) is 5.60. The molecule has 1 N–H and O–H groups in total. The first kappa shape index (κ1) is 19.5. The number of carboxylic acid groups (broad SMARTS) is 1. The van der Waals surface area contributed by atoms with Crippen molar-refractivity contribution in [3.8, 4) is 11.7 Å². The number of halogens is 4.